The Labute approximate surface area is 161 Å². The van der Waals surface area contributed by atoms with Gasteiger partial charge in [-0.2, -0.15) is 8.78 Å². The molecule has 0 radical (unpaired) electrons. The molecule has 0 saturated heterocycles. The Hall–Kier alpha value is -2.97. The zero-order chi connectivity index (χ0) is 20.7. The highest BCUT2D eigenvalue weighted by atomic mass is 19.3. The topological polar surface area (TPSA) is 93.3 Å². The van der Waals surface area contributed by atoms with Crippen LogP contribution in [0, 0.1) is 13.8 Å². The second-order valence-electron chi connectivity index (χ2n) is 6.18. The monoisotopic (exact) mass is 395 g/mol. The number of aromatic amines is 1. The van der Waals surface area contributed by atoms with Crippen molar-refractivity contribution in [1.82, 2.24) is 15.3 Å². The third-order valence-corrected chi connectivity index (χ3v) is 4.12. The van der Waals surface area contributed by atoms with Crippen molar-refractivity contribution in [2.45, 2.75) is 39.7 Å². The van der Waals surface area contributed by atoms with Gasteiger partial charge in [0, 0.05) is 24.2 Å². The summed E-state index contributed by atoms with van der Waals surface area (Å²) in [5, 5.41) is 2.77. The van der Waals surface area contributed by atoms with Crippen molar-refractivity contribution >= 4 is 5.91 Å². The Morgan fingerprint density at radius 1 is 1.25 bits per heavy atom. The number of methoxy groups -OCH3 is 1. The molecule has 2 aromatic rings. The lowest BCUT2D eigenvalue weighted by atomic mass is 10.1. The Morgan fingerprint density at radius 3 is 2.64 bits per heavy atom. The van der Waals surface area contributed by atoms with E-state index in [1.165, 1.54) is 13.2 Å². The van der Waals surface area contributed by atoms with Gasteiger partial charge in [-0.05, 0) is 44.4 Å². The van der Waals surface area contributed by atoms with Crippen LogP contribution < -0.4 is 20.3 Å². The first kappa shape index (κ1) is 21.3. The van der Waals surface area contributed by atoms with E-state index in [4.69, 9.17) is 4.74 Å². The average molecular weight is 395 g/mol. The quantitative estimate of drug-likeness (QED) is 0.680. The van der Waals surface area contributed by atoms with Crippen molar-refractivity contribution in [3.8, 4) is 11.5 Å². The highest BCUT2D eigenvalue weighted by molar-refractivity contribution is 5.76. The second-order valence-corrected chi connectivity index (χ2v) is 6.18. The maximum atomic E-state index is 12.3. The van der Waals surface area contributed by atoms with Crippen LogP contribution in [0.15, 0.2) is 23.0 Å². The van der Waals surface area contributed by atoms with Crippen LogP contribution in [0.4, 0.5) is 8.78 Å². The summed E-state index contributed by atoms with van der Waals surface area (Å²) < 4.78 is 34.1. The molecule has 28 heavy (non-hydrogen) atoms. The third kappa shape index (κ3) is 6.04. The summed E-state index contributed by atoms with van der Waals surface area (Å²) in [7, 11) is 1.36. The first-order chi connectivity index (χ1) is 13.3. The molecule has 0 aliphatic rings. The summed E-state index contributed by atoms with van der Waals surface area (Å²) in [5.41, 5.74) is 1.69. The molecule has 1 aromatic heterocycles. The van der Waals surface area contributed by atoms with Gasteiger partial charge < -0.3 is 19.8 Å². The Bertz CT molecular complexity index is 884. The molecule has 9 heteroatoms. The molecule has 0 atom stereocenters. The summed E-state index contributed by atoms with van der Waals surface area (Å²) in [6.07, 6.45) is 0.954. The standard InChI is InChI=1S/C19H23F2N3O4/c1-11-14(18(26)24-12(2)23-11)5-7-17(25)22-9-8-13-4-6-15(28-19(20)21)16(10-13)27-3/h4,6,10,19H,5,7-9H2,1-3H3,(H,22,25)(H,23,24,26). The number of carbonyl (C=O) groups excluding carboxylic acids is 1. The normalized spacial score (nSPS) is 10.8. The van der Waals surface area contributed by atoms with E-state index in [1.54, 1.807) is 26.0 Å². The molecule has 0 unspecified atom stereocenters. The predicted molar refractivity (Wildman–Crippen MR) is 99.0 cm³/mol. The van der Waals surface area contributed by atoms with E-state index < -0.39 is 6.61 Å². The molecule has 1 aromatic carbocycles. The van der Waals surface area contributed by atoms with Crippen LogP contribution >= 0.6 is 0 Å². The summed E-state index contributed by atoms with van der Waals surface area (Å²) in [4.78, 5) is 30.8. The molecule has 7 nitrogen and oxygen atoms in total. The second kappa shape index (κ2) is 9.82. The largest absolute Gasteiger partial charge is 0.493 e. The van der Waals surface area contributed by atoms with Crippen LogP contribution in [0.5, 0.6) is 11.5 Å². The number of benzene rings is 1. The molecule has 0 aliphatic carbocycles. The molecule has 1 heterocycles. The lowest BCUT2D eigenvalue weighted by molar-refractivity contribution is -0.121. The van der Waals surface area contributed by atoms with E-state index in [2.05, 4.69) is 20.0 Å². The maximum Gasteiger partial charge on any atom is 0.387 e. The van der Waals surface area contributed by atoms with Crippen molar-refractivity contribution in [2.24, 2.45) is 0 Å². The highest BCUT2D eigenvalue weighted by Gasteiger charge is 2.12. The molecule has 152 valence electrons. The van der Waals surface area contributed by atoms with Crippen molar-refractivity contribution in [3.63, 3.8) is 0 Å². The summed E-state index contributed by atoms with van der Waals surface area (Å²) in [6, 6.07) is 4.62. The summed E-state index contributed by atoms with van der Waals surface area (Å²) >= 11 is 0. The zero-order valence-corrected chi connectivity index (χ0v) is 16.0. The number of nitrogens with zero attached hydrogens (tertiary/aromatic N) is 1. The van der Waals surface area contributed by atoms with Gasteiger partial charge in [-0.1, -0.05) is 6.07 Å². The first-order valence-electron chi connectivity index (χ1n) is 8.75. The number of aryl methyl sites for hydroxylation is 2. The average Bonchev–Trinajstić information content (AvgIpc) is 2.61. The fraction of sp³-hybridized carbons (Fsp3) is 0.421. The molecule has 0 fully saturated rings. The predicted octanol–water partition coefficient (Wildman–Crippen LogP) is 2.29. The molecule has 0 bridgehead atoms. The molecule has 2 rings (SSSR count). The number of nitrogens with one attached hydrogen (secondary N) is 2. The van der Waals surface area contributed by atoms with Gasteiger partial charge in [0.05, 0.1) is 7.11 Å². The van der Waals surface area contributed by atoms with E-state index in [0.717, 1.165) is 5.56 Å². The van der Waals surface area contributed by atoms with Crippen molar-refractivity contribution in [3.05, 3.63) is 51.2 Å². The number of amides is 1. The first-order valence-corrected chi connectivity index (χ1v) is 8.75. The van der Waals surface area contributed by atoms with Crippen LogP contribution in [0.3, 0.4) is 0 Å². The SMILES string of the molecule is COc1cc(CCNC(=O)CCc2c(C)nc(C)[nH]c2=O)ccc1OC(F)F. The molecular formula is C19H23F2N3O4. The number of H-pyrrole nitrogens is 1. The highest BCUT2D eigenvalue weighted by Crippen LogP contribution is 2.29. The lowest BCUT2D eigenvalue weighted by Gasteiger charge is -2.12. The van der Waals surface area contributed by atoms with Gasteiger partial charge >= 0.3 is 6.61 Å². The van der Waals surface area contributed by atoms with Crippen molar-refractivity contribution < 1.29 is 23.0 Å². The molecule has 0 aliphatic heterocycles. The number of hydrogen-bond acceptors (Lipinski definition) is 5. The van der Waals surface area contributed by atoms with Gasteiger partial charge in [0.2, 0.25) is 5.91 Å². The number of halogens is 2. The Morgan fingerprint density at radius 2 is 2.00 bits per heavy atom. The fourth-order valence-electron chi connectivity index (χ4n) is 2.78. The van der Waals surface area contributed by atoms with Gasteiger partial charge in [-0.25, -0.2) is 4.98 Å². The van der Waals surface area contributed by atoms with E-state index in [1.807, 2.05) is 0 Å². The van der Waals surface area contributed by atoms with Crippen LogP contribution in [-0.2, 0) is 17.6 Å². The van der Waals surface area contributed by atoms with E-state index in [0.29, 0.717) is 36.5 Å². The van der Waals surface area contributed by atoms with Gasteiger partial charge in [0.15, 0.2) is 11.5 Å². The Balaban J connectivity index is 1.85. The zero-order valence-electron chi connectivity index (χ0n) is 16.0. The minimum absolute atomic E-state index is 0.0439. The summed E-state index contributed by atoms with van der Waals surface area (Å²) in [5.74, 6) is 0.503. The minimum Gasteiger partial charge on any atom is -0.493 e. The molecular weight excluding hydrogens is 372 g/mol. The van der Waals surface area contributed by atoms with Crippen LogP contribution in [0.2, 0.25) is 0 Å². The van der Waals surface area contributed by atoms with E-state index in [9.17, 15) is 18.4 Å². The lowest BCUT2D eigenvalue weighted by Crippen LogP contribution is -2.27. The maximum absolute atomic E-state index is 12.3. The van der Waals surface area contributed by atoms with Crippen LogP contribution in [0.25, 0.3) is 0 Å². The van der Waals surface area contributed by atoms with Gasteiger partial charge in [0.25, 0.3) is 5.56 Å². The van der Waals surface area contributed by atoms with Crippen molar-refractivity contribution in [2.75, 3.05) is 13.7 Å². The molecule has 0 saturated carbocycles. The fourth-order valence-corrected chi connectivity index (χ4v) is 2.78. The summed E-state index contributed by atoms with van der Waals surface area (Å²) in [6.45, 7) is 0.869. The van der Waals surface area contributed by atoms with E-state index in [-0.39, 0.29) is 29.4 Å². The van der Waals surface area contributed by atoms with Crippen molar-refractivity contribution in [1.29, 1.82) is 0 Å². The van der Waals surface area contributed by atoms with Crippen LogP contribution in [0.1, 0.15) is 29.1 Å². The van der Waals surface area contributed by atoms with E-state index >= 15 is 0 Å². The number of alkyl halides is 2. The van der Waals surface area contributed by atoms with Gasteiger partial charge in [0.1, 0.15) is 5.82 Å². The third-order valence-electron chi connectivity index (χ3n) is 4.12. The number of hydrogen-bond donors (Lipinski definition) is 2. The number of carbonyl (C=O) groups is 1. The molecule has 1 amide bonds. The Kier molecular flexibility index (Phi) is 7.48. The minimum atomic E-state index is -2.93. The number of rotatable bonds is 9. The molecule has 2 N–H and O–H groups in total. The van der Waals surface area contributed by atoms with Crippen LogP contribution in [-0.4, -0.2) is 36.1 Å². The smallest absolute Gasteiger partial charge is 0.387 e. The van der Waals surface area contributed by atoms with Gasteiger partial charge in [-0.3, -0.25) is 9.59 Å². The molecule has 0 spiro atoms. The number of aromatic nitrogens is 2. The number of ether oxygens (including phenoxy) is 2. The van der Waals surface area contributed by atoms with Gasteiger partial charge in [-0.15, -0.1) is 0 Å².